The van der Waals surface area contributed by atoms with Crippen LogP contribution < -0.4 is 4.74 Å². The van der Waals surface area contributed by atoms with Crippen molar-refractivity contribution in [3.05, 3.63) is 65.7 Å². The quantitative estimate of drug-likeness (QED) is 0.659. The van der Waals surface area contributed by atoms with Gasteiger partial charge < -0.3 is 14.4 Å². The predicted molar refractivity (Wildman–Crippen MR) is 112 cm³/mol. The van der Waals surface area contributed by atoms with E-state index in [2.05, 4.69) is 24.3 Å². The summed E-state index contributed by atoms with van der Waals surface area (Å²) < 4.78 is 10.7. The van der Waals surface area contributed by atoms with Crippen LogP contribution in [0.2, 0.25) is 0 Å². The largest absolute Gasteiger partial charge is 0.479 e. The number of benzene rings is 2. The van der Waals surface area contributed by atoms with E-state index in [1.54, 1.807) is 36.1 Å². The van der Waals surface area contributed by atoms with E-state index in [1.807, 2.05) is 12.1 Å². The fraction of sp³-hybridized carbons (Fsp3) is 0.375. The van der Waals surface area contributed by atoms with Crippen LogP contribution in [-0.2, 0) is 20.7 Å². The van der Waals surface area contributed by atoms with Gasteiger partial charge in [-0.05, 0) is 61.9 Å². The number of esters is 1. The first-order valence-electron chi connectivity index (χ1n) is 10.2. The van der Waals surface area contributed by atoms with Crippen molar-refractivity contribution in [3.8, 4) is 11.8 Å². The van der Waals surface area contributed by atoms with E-state index < -0.39 is 12.1 Å². The fourth-order valence-electron chi connectivity index (χ4n) is 3.54. The molecule has 1 fully saturated rings. The van der Waals surface area contributed by atoms with Crippen LogP contribution in [0, 0.1) is 17.2 Å². The summed E-state index contributed by atoms with van der Waals surface area (Å²) in [6.45, 7) is 2.67. The maximum Gasteiger partial charge on any atom is 0.347 e. The van der Waals surface area contributed by atoms with Gasteiger partial charge in [0.1, 0.15) is 5.75 Å². The van der Waals surface area contributed by atoms with E-state index in [1.165, 1.54) is 5.56 Å². The number of amides is 1. The Morgan fingerprint density at radius 2 is 1.77 bits per heavy atom. The van der Waals surface area contributed by atoms with Crippen molar-refractivity contribution in [1.29, 1.82) is 5.26 Å². The first-order chi connectivity index (χ1) is 14.5. The summed E-state index contributed by atoms with van der Waals surface area (Å²) >= 11 is 0. The molecule has 156 valence electrons. The second-order valence-electron chi connectivity index (χ2n) is 7.52. The van der Waals surface area contributed by atoms with Gasteiger partial charge in [0.2, 0.25) is 0 Å². The molecule has 0 radical (unpaired) electrons. The van der Waals surface area contributed by atoms with Gasteiger partial charge in [-0.15, -0.1) is 0 Å². The smallest absolute Gasteiger partial charge is 0.347 e. The molecule has 1 aliphatic rings. The molecule has 2 aromatic rings. The molecule has 6 heteroatoms. The molecule has 0 aliphatic carbocycles. The highest BCUT2D eigenvalue weighted by Gasteiger charge is 2.25. The minimum Gasteiger partial charge on any atom is -0.479 e. The van der Waals surface area contributed by atoms with E-state index in [-0.39, 0.29) is 12.5 Å². The first-order valence-corrected chi connectivity index (χ1v) is 10.2. The summed E-state index contributed by atoms with van der Waals surface area (Å²) in [5.41, 5.74) is 1.84. The number of likely N-dealkylation sites (tertiary alicyclic amines) is 1. The van der Waals surface area contributed by atoms with Gasteiger partial charge in [0.25, 0.3) is 5.91 Å². The topological polar surface area (TPSA) is 79.6 Å². The van der Waals surface area contributed by atoms with E-state index in [9.17, 15) is 9.59 Å². The standard InChI is InChI=1S/C24H26N2O4/c1-18(30-22-9-7-21(16-25)8-10-22)24(28)29-17-23(27)26-13-11-20(12-14-26)15-19-5-3-2-4-6-19/h2-10,18,20H,11-15,17H2,1H3/t18-/m1/s1. The number of rotatable bonds is 7. The Balaban J connectivity index is 1.38. The molecular formula is C24H26N2O4. The molecule has 0 N–H and O–H groups in total. The molecule has 1 aliphatic heterocycles. The Kier molecular flexibility index (Phi) is 7.45. The average molecular weight is 406 g/mol. The van der Waals surface area contributed by atoms with Crippen LogP contribution in [-0.4, -0.2) is 42.6 Å². The Labute approximate surface area is 177 Å². The Hall–Kier alpha value is -3.33. The second-order valence-corrected chi connectivity index (χ2v) is 7.52. The van der Waals surface area contributed by atoms with Crippen molar-refractivity contribution >= 4 is 11.9 Å². The lowest BCUT2D eigenvalue weighted by atomic mass is 9.90. The molecule has 1 heterocycles. The van der Waals surface area contributed by atoms with Crippen LogP contribution in [0.5, 0.6) is 5.75 Å². The van der Waals surface area contributed by atoms with E-state index in [0.717, 1.165) is 19.3 Å². The molecule has 2 aromatic carbocycles. The summed E-state index contributed by atoms with van der Waals surface area (Å²) in [7, 11) is 0. The van der Waals surface area contributed by atoms with Crippen molar-refractivity contribution < 1.29 is 19.1 Å². The Bertz CT molecular complexity index is 882. The van der Waals surface area contributed by atoms with Gasteiger partial charge in [0.05, 0.1) is 11.6 Å². The number of hydrogen-bond donors (Lipinski definition) is 0. The maximum atomic E-state index is 12.4. The third-order valence-corrected chi connectivity index (χ3v) is 5.30. The van der Waals surface area contributed by atoms with Crippen molar-refractivity contribution in [2.75, 3.05) is 19.7 Å². The van der Waals surface area contributed by atoms with E-state index in [4.69, 9.17) is 14.7 Å². The lowest BCUT2D eigenvalue weighted by Crippen LogP contribution is -2.41. The van der Waals surface area contributed by atoms with Crippen molar-refractivity contribution in [1.82, 2.24) is 4.90 Å². The van der Waals surface area contributed by atoms with Gasteiger partial charge in [-0.3, -0.25) is 4.79 Å². The lowest BCUT2D eigenvalue weighted by Gasteiger charge is -2.32. The molecule has 1 saturated heterocycles. The average Bonchev–Trinajstić information content (AvgIpc) is 2.79. The maximum absolute atomic E-state index is 12.4. The van der Waals surface area contributed by atoms with Gasteiger partial charge in [-0.25, -0.2) is 4.79 Å². The van der Waals surface area contributed by atoms with Crippen LogP contribution in [0.15, 0.2) is 54.6 Å². The number of hydrogen-bond acceptors (Lipinski definition) is 5. The highest BCUT2D eigenvalue weighted by molar-refractivity contribution is 5.82. The zero-order valence-electron chi connectivity index (χ0n) is 17.1. The minimum absolute atomic E-state index is 0.174. The van der Waals surface area contributed by atoms with Crippen LogP contribution in [0.4, 0.5) is 0 Å². The van der Waals surface area contributed by atoms with Crippen LogP contribution >= 0.6 is 0 Å². The normalized spacial score (nSPS) is 15.1. The van der Waals surface area contributed by atoms with Gasteiger partial charge >= 0.3 is 5.97 Å². The van der Waals surface area contributed by atoms with Gasteiger partial charge in [-0.2, -0.15) is 5.26 Å². The number of nitrogens with zero attached hydrogens (tertiary/aromatic N) is 2. The molecule has 30 heavy (non-hydrogen) atoms. The Morgan fingerprint density at radius 1 is 1.10 bits per heavy atom. The number of nitriles is 1. The number of carbonyl (C=O) groups excluding carboxylic acids is 2. The Morgan fingerprint density at radius 3 is 2.40 bits per heavy atom. The minimum atomic E-state index is -0.845. The van der Waals surface area contributed by atoms with Gasteiger partial charge in [-0.1, -0.05) is 30.3 Å². The van der Waals surface area contributed by atoms with Crippen LogP contribution in [0.25, 0.3) is 0 Å². The molecular weight excluding hydrogens is 380 g/mol. The number of piperidine rings is 1. The molecule has 0 aromatic heterocycles. The van der Waals surface area contributed by atoms with E-state index >= 15 is 0 Å². The molecule has 1 amide bonds. The summed E-state index contributed by atoms with van der Waals surface area (Å²) in [4.78, 5) is 26.3. The molecule has 3 rings (SSSR count). The molecule has 0 bridgehead atoms. The lowest BCUT2D eigenvalue weighted by molar-refractivity contribution is -0.157. The monoisotopic (exact) mass is 406 g/mol. The first kappa shape index (κ1) is 21.4. The molecule has 0 unspecified atom stereocenters. The van der Waals surface area contributed by atoms with Crippen molar-refractivity contribution in [3.63, 3.8) is 0 Å². The summed E-state index contributed by atoms with van der Waals surface area (Å²) in [5, 5.41) is 8.81. The highest BCUT2D eigenvalue weighted by Crippen LogP contribution is 2.22. The van der Waals surface area contributed by atoms with Gasteiger partial charge in [0, 0.05) is 13.1 Å². The molecule has 6 nitrogen and oxygen atoms in total. The third kappa shape index (κ3) is 6.08. The third-order valence-electron chi connectivity index (χ3n) is 5.30. The number of ether oxygens (including phenoxy) is 2. The summed E-state index contributed by atoms with van der Waals surface area (Å²) in [6.07, 6.45) is 2.09. The second kappa shape index (κ2) is 10.4. The predicted octanol–water partition coefficient (Wildman–Crippen LogP) is 3.35. The highest BCUT2D eigenvalue weighted by atomic mass is 16.6. The van der Waals surface area contributed by atoms with Crippen molar-refractivity contribution in [2.45, 2.75) is 32.3 Å². The van der Waals surface area contributed by atoms with Crippen molar-refractivity contribution in [2.24, 2.45) is 5.92 Å². The zero-order chi connectivity index (χ0) is 21.3. The molecule has 1 atom stereocenters. The van der Waals surface area contributed by atoms with Crippen LogP contribution in [0.3, 0.4) is 0 Å². The number of carbonyl (C=O) groups is 2. The zero-order valence-corrected chi connectivity index (χ0v) is 17.1. The molecule has 0 saturated carbocycles. The van der Waals surface area contributed by atoms with E-state index in [0.29, 0.717) is 30.3 Å². The SMILES string of the molecule is C[C@@H](Oc1ccc(C#N)cc1)C(=O)OCC(=O)N1CCC(Cc2ccccc2)CC1. The molecule has 0 spiro atoms. The fourth-order valence-corrected chi connectivity index (χ4v) is 3.54. The van der Waals surface area contributed by atoms with Crippen LogP contribution in [0.1, 0.15) is 30.9 Å². The van der Waals surface area contributed by atoms with Gasteiger partial charge in [0.15, 0.2) is 12.7 Å². The summed E-state index contributed by atoms with van der Waals surface area (Å²) in [6, 6.07) is 18.9. The summed E-state index contributed by atoms with van der Waals surface area (Å²) in [5.74, 6) is 0.267.